The number of carbonyl (C=O) groups excluding carboxylic acids is 3. The normalized spacial score (nSPS) is 14.7. The van der Waals surface area contributed by atoms with E-state index in [0.717, 1.165) is 11.8 Å². The third-order valence-electron chi connectivity index (χ3n) is 6.15. The standard InChI is InChI=1S/C27H34F13N3O8S2/c1-21(2,3)51-20(50)43-14(19(48)49)6-7-16(44)42-15(18(47)41-12-17(45)46)13-53-10-5-4-9-52-11-8-22(28,29)23(30,31)24(32,33)25(34,35)26(36,37)27(38,39)40/h4-5,14-15H,6-13H2,1-3H3,(H,41,47)(H,42,44)(H,43,50)(H,45,46)(H,48,49)/t14-,15-/m0/s1. The second-order valence-electron chi connectivity index (χ2n) is 11.6. The molecule has 5 N–H and O–H groups in total. The van der Waals surface area contributed by atoms with Crippen molar-refractivity contribution in [2.75, 3.05) is 29.6 Å². The van der Waals surface area contributed by atoms with Crippen molar-refractivity contribution < 1.29 is 96.0 Å². The molecule has 3 amide bonds. The van der Waals surface area contributed by atoms with Crippen molar-refractivity contribution in [2.45, 2.75) is 93.5 Å². The number of carboxylic acid groups (broad SMARTS) is 2. The highest BCUT2D eigenvalue weighted by Gasteiger charge is 2.90. The maximum Gasteiger partial charge on any atom is 0.460 e. The lowest BCUT2D eigenvalue weighted by atomic mass is 9.93. The first-order valence-electron chi connectivity index (χ1n) is 14.5. The molecule has 0 aliphatic rings. The number of halogens is 13. The molecular weight excluding hydrogens is 805 g/mol. The summed E-state index contributed by atoms with van der Waals surface area (Å²) in [4.78, 5) is 59.1. The largest absolute Gasteiger partial charge is 0.480 e. The molecule has 2 atom stereocenters. The summed E-state index contributed by atoms with van der Waals surface area (Å²) in [5.41, 5.74) is -0.974. The van der Waals surface area contributed by atoms with Crippen molar-refractivity contribution in [3.8, 4) is 0 Å². The fourth-order valence-electron chi connectivity index (χ4n) is 3.42. The summed E-state index contributed by atoms with van der Waals surface area (Å²) >= 11 is 1.19. The molecule has 0 heterocycles. The Morgan fingerprint density at radius 2 is 1.23 bits per heavy atom. The average molecular weight is 840 g/mol. The molecule has 0 aliphatic heterocycles. The topological polar surface area (TPSA) is 171 Å². The average Bonchev–Trinajstić information content (AvgIpc) is 2.98. The number of aliphatic carboxylic acids is 2. The van der Waals surface area contributed by atoms with Gasteiger partial charge in [0, 0.05) is 30.1 Å². The zero-order chi connectivity index (χ0) is 41.9. The molecular formula is C27H34F13N3O8S2. The number of hydrogen-bond donors (Lipinski definition) is 5. The molecule has 0 unspecified atom stereocenters. The van der Waals surface area contributed by atoms with Crippen LogP contribution in [0.3, 0.4) is 0 Å². The van der Waals surface area contributed by atoms with Crippen LogP contribution in [0.5, 0.6) is 0 Å². The summed E-state index contributed by atoms with van der Waals surface area (Å²) in [5, 5.41) is 24.4. The van der Waals surface area contributed by atoms with Gasteiger partial charge in [-0.25, -0.2) is 9.59 Å². The van der Waals surface area contributed by atoms with E-state index in [9.17, 15) is 86.2 Å². The van der Waals surface area contributed by atoms with Crippen molar-refractivity contribution in [2.24, 2.45) is 0 Å². The highest BCUT2D eigenvalue weighted by atomic mass is 32.2. The van der Waals surface area contributed by atoms with Gasteiger partial charge < -0.3 is 30.9 Å². The van der Waals surface area contributed by atoms with Gasteiger partial charge in [-0.15, -0.1) is 0 Å². The summed E-state index contributed by atoms with van der Waals surface area (Å²) in [7, 11) is 0. The Hall–Kier alpha value is -3.32. The zero-order valence-corrected chi connectivity index (χ0v) is 29.2. The Morgan fingerprint density at radius 3 is 1.70 bits per heavy atom. The van der Waals surface area contributed by atoms with Crippen LogP contribution in [0.25, 0.3) is 0 Å². The minimum Gasteiger partial charge on any atom is -0.480 e. The Labute approximate surface area is 300 Å². The summed E-state index contributed by atoms with van der Waals surface area (Å²) in [6, 6.07) is -3.00. The van der Waals surface area contributed by atoms with Crippen molar-refractivity contribution in [1.29, 1.82) is 0 Å². The number of hydrogen-bond acceptors (Lipinski definition) is 8. The number of alkyl halides is 13. The number of alkyl carbamates (subject to hydrolysis) is 1. The molecule has 53 heavy (non-hydrogen) atoms. The lowest BCUT2D eigenvalue weighted by molar-refractivity contribution is -0.439. The molecule has 0 spiro atoms. The van der Waals surface area contributed by atoms with Gasteiger partial charge in [-0.1, -0.05) is 12.2 Å². The predicted molar refractivity (Wildman–Crippen MR) is 162 cm³/mol. The highest BCUT2D eigenvalue weighted by Crippen LogP contribution is 2.60. The highest BCUT2D eigenvalue weighted by molar-refractivity contribution is 7.99. The van der Waals surface area contributed by atoms with E-state index in [2.05, 4.69) is 10.6 Å². The van der Waals surface area contributed by atoms with Crippen LogP contribution in [-0.2, 0) is 23.9 Å². The van der Waals surface area contributed by atoms with E-state index in [-0.39, 0.29) is 17.3 Å². The maximum absolute atomic E-state index is 13.9. The van der Waals surface area contributed by atoms with Crippen molar-refractivity contribution in [3.05, 3.63) is 12.2 Å². The fourth-order valence-corrected chi connectivity index (χ4v) is 5.14. The second-order valence-corrected chi connectivity index (χ2v) is 13.9. The quantitative estimate of drug-likeness (QED) is 0.0527. The molecule has 0 radical (unpaired) electrons. The van der Waals surface area contributed by atoms with Gasteiger partial charge in [0.25, 0.3) is 0 Å². The first-order valence-corrected chi connectivity index (χ1v) is 16.8. The number of amides is 3. The molecule has 0 aliphatic carbocycles. The van der Waals surface area contributed by atoms with Crippen LogP contribution < -0.4 is 16.0 Å². The molecule has 0 bridgehead atoms. The zero-order valence-electron chi connectivity index (χ0n) is 27.5. The van der Waals surface area contributed by atoms with Gasteiger partial charge in [0.1, 0.15) is 24.2 Å². The second kappa shape index (κ2) is 19.3. The molecule has 0 rings (SSSR count). The third-order valence-corrected chi connectivity index (χ3v) is 8.07. The summed E-state index contributed by atoms with van der Waals surface area (Å²) in [6.07, 6.45) is -9.53. The molecule has 26 heteroatoms. The van der Waals surface area contributed by atoms with Crippen molar-refractivity contribution in [1.82, 2.24) is 16.0 Å². The van der Waals surface area contributed by atoms with Crippen LogP contribution >= 0.6 is 23.5 Å². The van der Waals surface area contributed by atoms with Crippen LogP contribution in [0.1, 0.15) is 40.0 Å². The lowest BCUT2D eigenvalue weighted by Gasteiger charge is -2.39. The molecule has 0 fully saturated rings. The Bertz CT molecular complexity index is 1310. The Morgan fingerprint density at radius 1 is 0.717 bits per heavy atom. The number of thioether (sulfide) groups is 2. The molecule has 0 saturated carbocycles. The van der Waals surface area contributed by atoms with E-state index in [1.165, 1.54) is 32.9 Å². The summed E-state index contributed by atoms with van der Waals surface area (Å²) in [6.45, 7) is 3.66. The van der Waals surface area contributed by atoms with E-state index in [0.29, 0.717) is 11.8 Å². The molecule has 308 valence electrons. The number of carbonyl (C=O) groups is 5. The van der Waals surface area contributed by atoms with E-state index in [1.807, 2.05) is 5.32 Å². The van der Waals surface area contributed by atoms with Gasteiger partial charge in [-0.05, 0) is 32.9 Å². The fraction of sp³-hybridized carbons (Fsp3) is 0.741. The van der Waals surface area contributed by atoms with Gasteiger partial charge in [0.2, 0.25) is 11.8 Å². The first kappa shape index (κ1) is 49.7. The van der Waals surface area contributed by atoms with E-state index in [4.69, 9.17) is 9.84 Å². The van der Waals surface area contributed by atoms with Gasteiger partial charge in [-0.2, -0.15) is 80.6 Å². The Kier molecular flexibility index (Phi) is 18.1. The predicted octanol–water partition coefficient (Wildman–Crippen LogP) is 5.58. The van der Waals surface area contributed by atoms with E-state index >= 15 is 0 Å². The summed E-state index contributed by atoms with van der Waals surface area (Å²) < 4.78 is 176. The number of nitrogens with one attached hydrogen (secondary N) is 3. The first-order chi connectivity index (χ1) is 23.7. The van der Waals surface area contributed by atoms with E-state index < -0.39 is 115 Å². The number of rotatable bonds is 22. The van der Waals surface area contributed by atoms with Gasteiger partial charge in [0.15, 0.2) is 0 Å². The minimum absolute atomic E-state index is 0.0387. The van der Waals surface area contributed by atoms with Crippen LogP contribution in [0.4, 0.5) is 61.9 Å². The van der Waals surface area contributed by atoms with Crippen LogP contribution in [0.2, 0.25) is 0 Å². The van der Waals surface area contributed by atoms with E-state index in [1.54, 1.807) is 0 Å². The number of carboxylic acids is 2. The molecule has 0 aromatic rings. The maximum atomic E-state index is 13.9. The van der Waals surface area contributed by atoms with Gasteiger partial charge >= 0.3 is 53.8 Å². The smallest absolute Gasteiger partial charge is 0.460 e. The molecule has 0 aromatic heterocycles. The van der Waals surface area contributed by atoms with Crippen LogP contribution in [0, 0.1) is 0 Å². The van der Waals surface area contributed by atoms with Gasteiger partial charge in [0.05, 0.1) is 0 Å². The van der Waals surface area contributed by atoms with Crippen molar-refractivity contribution >= 4 is 53.4 Å². The van der Waals surface area contributed by atoms with Crippen LogP contribution in [-0.4, -0.2) is 123 Å². The Balaban J connectivity index is 5.20. The number of ether oxygens (including phenoxy) is 1. The van der Waals surface area contributed by atoms with Gasteiger partial charge in [-0.3, -0.25) is 14.4 Å². The summed E-state index contributed by atoms with van der Waals surface area (Å²) in [5.74, 6) is -43.9. The molecule has 11 nitrogen and oxygen atoms in total. The SMILES string of the molecule is CC(C)(C)OC(=O)N[C@@H](CCC(=O)N[C@@H](CSCC=CCSCCC(F)(F)C(F)(F)C(F)(F)C(F)(F)C(F)(F)C(F)(F)F)C(=O)NCC(=O)O)C(=O)O. The van der Waals surface area contributed by atoms with Crippen molar-refractivity contribution in [3.63, 3.8) is 0 Å². The molecule has 0 aromatic carbocycles. The monoisotopic (exact) mass is 839 g/mol. The lowest BCUT2D eigenvalue weighted by Crippen LogP contribution is -2.70. The molecule has 0 saturated heterocycles. The minimum atomic E-state index is -7.97. The third kappa shape index (κ3) is 14.4. The van der Waals surface area contributed by atoms with Crippen LogP contribution in [0.15, 0.2) is 12.2 Å².